The van der Waals surface area contributed by atoms with Crippen molar-refractivity contribution in [3.8, 4) is 11.5 Å². The van der Waals surface area contributed by atoms with Crippen LogP contribution in [-0.4, -0.2) is 34.1 Å². The van der Waals surface area contributed by atoms with Gasteiger partial charge in [0.1, 0.15) is 24.2 Å². The Balaban J connectivity index is 2.01. The summed E-state index contributed by atoms with van der Waals surface area (Å²) in [4.78, 5) is 22.6. The van der Waals surface area contributed by atoms with E-state index in [0.29, 0.717) is 34.0 Å². The molecule has 122 valence electrons. The molecule has 0 spiro atoms. The van der Waals surface area contributed by atoms with Crippen LogP contribution in [0.15, 0.2) is 36.8 Å². The molecule has 9 nitrogen and oxygen atoms in total. The molecule has 0 fully saturated rings. The summed E-state index contributed by atoms with van der Waals surface area (Å²) in [7, 11) is 3.09. The van der Waals surface area contributed by atoms with Crippen molar-refractivity contribution >= 4 is 28.2 Å². The normalized spacial score (nSPS) is 10.4. The van der Waals surface area contributed by atoms with Crippen molar-refractivity contribution < 1.29 is 14.4 Å². The molecule has 9 heteroatoms. The van der Waals surface area contributed by atoms with E-state index in [2.05, 4.69) is 20.3 Å². The van der Waals surface area contributed by atoms with Gasteiger partial charge in [0.15, 0.2) is 11.5 Å². The molecule has 0 atom stereocenters. The Hall–Kier alpha value is -3.49. The van der Waals surface area contributed by atoms with Gasteiger partial charge in [-0.2, -0.15) is 0 Å². The van der Waals surface area contributed by atoms with Gasteiger partial charge in [-0.3, -0.25) is 10.1 Å². The van der Waals surface area contributed by atoms with Crippen LogP contribution in [0.2, 0.25) is 0 Å². The number of fused-ring (bicyclic) bond motifs is 1. The Morgan fingerprint density at radius 1 is 1.08 bits per heavy atom. The van der Waals surface area contributed by atoms with E-state index in [-0.39, 0.29) is 5.69 Å². The fraction of sp³-hybridized carbons (Fsp3) is 0.133. The number of benzene rings is 1. The summed E-state index contributed by atoms with van der Waals surface area (Å²) in [6.07, 6.45) is 2.58. The molecule has 24 heavy (non-hydrogen) atoms. The average molecular weight is 327 g/mol. The molecule has 0 bridgehead atoms. The van der Waals surface area contributed by atoms with E-state index in [1.165, 1.54) is 24.7 Å². The molecule has 0 saturated carbocycles. The first-order chi connectivity index (χ1) is 11.6. The molecule has 1 N–H and O–H groups in total. The Labute approximate surface area is 136 Å². The minimum atomic E-state index is -0.506. The second-order valence-electron chi connectivity index (χ2n) is 4.73. The molecule has 0 radical (unpaired) electrons. The number of ether oxygens (including phenoxy) is 2. The van der Waals surface area contributed by atoms with Gasteiger partial charge in [0.25, 0.3) is 5.69 Å². The third-order valence-corrected chi connectivity index (χ3v) is 3.35. The summed E-state index contributed by atoms with van der Waals surface area (Å²) in [5, 5.41) is 14.4. The van der Waals surface area contributed by atoms with Crippen molar-refractivity contribution in [1.29, 1.82) is 0 Å². The third-order valence-electron chi connectivity index (χ3n) is 3.35. The standard InChI is InChI=1S/C15H13N5O4/c1-23-12-5-10-11(6-13(12)24-2)17-8-18-15(10)19-14-4-3-9(7-16-14)20(21)22/h3-8H,1-2H3,(H,16,17,18,19). The molecule has 0 aliphatic rings. The lowest BCUT2D eigenvalue weighted by Crippen LogP contribution is -1.99. The predicted octanol–water partition coefficient (Wildman–Crippen LogP) is 2.69. The van der Waals surface area contributed by atoms with Gasteiger partial charge in [0, 0.05) is 17.5 Å². The van der Waals surface area contributed by atoms with Crippen LogP contribution in [0.25, 0.3) is 10.9 Å². The van der Waals surface area contributed by atoms with Crippen LogP contribution < -0.4 is 14.8 Å². The predicted molar refractivity (Wildman–Crippen MR) is 86.8 cm³/mol. The van der Waals surface area contributed by atoms with Gasteiger partial charge in [-0.05, 0) is 12.1 Å². The number of rotatable bonds is 5. The first-order valence-corrected chi connectivity index (χ1v) is 6.86. The number of nitrogens with one attached hydrogen (secondary N) is 1. The van der Waals surface area contributed by atoms with Crippen LogP contribution in [0.1, 0.15) is 0 Å². The van der Waals surface area contributed by atoms with Crippen molar-refractivity contribution in [2.24, 2.45) is 0 Å². The molecule has 0 aliphatic heterocycles. The highest BCUT2D eigenvalue weighted by Gasteiger charge is 2.12. The zero-order valence-corrected chi connectivity index (χ0v) is 12.9. The van der Waals surface area contributed by atoms with E-state index in [1.807, 2.05) is 0 Å². The van der Waals surface area contributed by atoms with Gasteiger partial charge in [-0.15, -0.1) is 0 Å². The van der Waals surface area contributed by atoms with E-state index >= 15 is 0 Å². The van der Waals surface area contributed by atoms with Crippen molar-refractivity contribution in [2.45, 2.75) is 0 Å². The van der Waals surface area contributed by atoms with Crippen molar-refractivity contribution in [1.82, 2.24) is 15.0 Å². The minimum Gasteiger partial charge on any atom is -0.493 e. The Kier molecular flexibility index (Phi) is 4.06. The third kappa shape index (κ3) is 2.86. The fourth-order valence-electron chi connectivity index (χ4n) is 2.17. The first kappa shape index (κ1) is 15.4. The quantitative estimate of drug-likeness (QED) is 0.562. The monoisotopic (exact) mass is 327 g/mol. The lowest BCUT2D eigenvalue weighted by molar-refractivity contribution is -0.385. The second-order valence-corrected chi connectivity index (χ2v) is 4.73. The molecule has 0 amide bonds. The fourth-order valence-corrected chi connectivity index (χ4v) is 2.17. The maximum atomic E-state index is 10.7. The zero-order valence-electron chi connectivity index (χ0n) is 12.9. The number of nitrogens with zero attached hydrogens (tertiary/aromatic N) is 4. The van der Waals surface area contributed by atoms with Crippen LogP contribution >= 0.6 is 0 Å². The van der Waals surface area contributed by atoms with Gasteiger partial charge >= 0.3 is 0 Å². The molecule has 3 aromatic rings. The van der Waals surface area contributed by atoms with Crippen LogP contribution in [0, 0.1) is 10.1 Å². The minimum absolute atomic E-state index is 0.0838. The smallest absolute Gasteiger partial charge is 0.287 e. The van der Waals surface area contributed by atoms with E-state index < -0.39 is 4.92 Å². The number of nitro groups is 1. The highest BCUT2D eigenvalue weighted by Crippen LogP contribution is 2.34. The van der Waals surface area contributed by atoms with Crippen LogP contribution in [0.3, 0.4) is 0 Å². The summed E-state index contributed by atoms with van der Waals surface area (Å²) in [6, 6.07) is 6.36. The first-order valence-electron chi connectivity index (χ1n) is 6.86. The maximum Gasteiger partial charge on any atom is 0.287 e. The zero-order chi connectivity index (χ0) is 17.1. The van der Waals surface area contributed by atoms with Gasteiger partial charge in [-0.25, -0.2) is 15.0 Å². The molecule has 0 saturated heterocycles. The summed E-state index contributed by atoms with van der Waals surface area (Å²) < 4.78 is 10.5. The number of hydrogen-bond donors (Lipinski definition) is 1. The van der Waals surface area contributed by atoms with Crippen molar-refractivity contribution in [3.63, 3.8) is 0 Å². The largest absolute Gasteiger partial charge is 0.493 e. The SMILES string of the molecule is COc1cc2ncnc(Nc3ccc([N+](=O)[O-])cn3)c2cc1OC. The molecular formula is C15H13N5O4. The molecule has 2 aromatic heterocycles. The van der Waals surface area contributed by atoms with E-state index in [1.54, 1.807) is 26.4 Å². The summed E-state index contributed by atoms with van der Waals surface area (Å²) in [5.41, 5.74) is 0.576. The molecule has 0 aliphatic carbocycles. The Morgan fingerprint density at radius 3 is 2.46 bits per heavy atom. The highest BCUT2D eigenvalue weighted by atomic mass is 16.6. The molecular weight excluding hydrogens is 314 g/mol. The molecule has 2 heterocycles. The van der Waals surface area contributed by atoms with Gasteiger partial charge in [-0.1, -0.05) is 0 Å². The molecule has 1 aromatic carbocycles. The van der Waals surface area contributed by atoms with Crippen molar-refractivity contribution in [2.75, 3.05) is 19.5 Å². The van der Waals surface area contributed by atoms with E-state index in [9.17, 15) is 10.1 Å². The summed E-state index contributed by atoms with van der Waals surface area (Å²) in [5.74, 6) is 2.03. The van der Waals surface area contributed by atoms with Crippen LogP contribution in [0.4, 0.5) is 17.3 Å². The molecule has 3 rings (SSSR count). The number of pyridine rings is 1. The van der Waals surface area contributed by atoms with Gasteiger partial charge in [0.2, 0.25) is 0 Å². The van der Waals surface area contributed by atoms with Crippen LogP contribution in [-0.2, 0) is 0 Å². The second kappa shape index (κ2) is 6.32. The van der Waals surface area contributed by atoms with Gasteiger partial charge in [0.05, 0.1) is 24.7 Å². The Bertz CT molecular complexity index is 898. The topological polar surface area (TPSA) is 112 Å². The highest BCUT2D eigenvalue weighted by molar-refractivity contribution is 5.92. The summed E-state index contributed by atoms with van der Waals surface area (Å²) in [6.45, 7) is 0. The maximum absolute atomic E-state index is 10.7. The number of methoxy groups -OCH3 is 2. The Morgan fingerprint density at radius 2 is 1.83 bits per heavy atom. The average Bonchev–Trinajstić information content (AvgIpc) is 2.61. The number of anilines is 2. The van der Waals surface area contributed by atoms with E-state index in [0.717, 1.165) is 0 Å². The van der Waals surface area contributed by atoms with E-state index in [4.69, 9.17) is 9.47 Å². The van der Waals surface area contributed by atoms with Crippen molar-refractivity contribution in [3.05, 3.63) is 46.9 Å². The van der Waals surface area contributed by atoms with Gasteiger partial charge < -0.3 is 14.8 Å². The van der Waals surface area contributed by atoms with Crippen LogP contribution in [0.5, 0.6) is 11.5 Å². The lowest BCUT2D eigenvalue weighted by atomic mass is 10.2. The lowest BCUT2D eigenvalue weighted by Gasteiger charge is -2.11. The molecule has 0 unspecified atom stereocenters. The number of hydrogen-bond acceptors (Lipinski definition) is 8. The number of aromatic nitrogens is 3. The summed E-state index contributed by atoms with van der Waals surface area (Å²) >= 11 is 0.